The molecule has 15 heavy (non-hydrogen) atoms. The first-order valence-electron chi connectivity index (χ1n) is 4.70. The average Bonchev–Trinajstić information content (AvgIpc) is 2.17. The van der Waals surface area contributed by atoms with Crippen molar-refractivity contribution in [3.05, 3.63) is 28.2 Å². The zero-order valence-corrected chi connectivity index (χ0v) is 9.72. The molecule has 1 unspecified atom stereocenters. The SMILES string of the molecule is NCCC(O)CNc1ccc(Cl)cc1Cl. The fourth-order valence-corrected chi connectivity index (χ4v) is 1.63. The van der Waals surface area contributed by atoms with Crippen molar-refractivity contribution in [3.8, 4) is 0 Å². The monoisotopic (exact) mass is 248 g/mol. The maximum Gasteiger partial charge on any atom is 0.0724 e. The van der Waals surface area contributed by atoms with Crippen molar-refractivity contribution in [3.63, 3.8) is 0 Å². The average molecular weight is 249 g/mol. The van der Waals surface area contributed by atoms with Crippen LogP contribution in [0.4, 0.5) is 5.69 Å². The molecular formula is C10H14Cl2N2O. The van der Waals surface area contributed by atoms with Gasteiger partial charge in [0.25, 0.3) is 0 Å². The first-order chi connectivity index (χ1) is 7.13. The summed E-state index contributed by atoms with van der Waals surface area (Å²) >= 11 is 11.7. The Morgan fingerprint density at radius 1 is 1.40 bits per heavy atom. The Bertz CT molecular complexity index is 320. The van der Waals surface area contributed by atoms with E-state index in [9.17, 15) is 5.11 Å². The van der Waals surface area contributed by atoms with Crippen molar-refractivity contribution in [2.24, 2.45) is 5.73 Å². The van der Waals surface area contributed by atoms with E-state index in [1.54, 1.807) is 18.2 Å². The van der Waals surface area contributed by atoms with Gasteiger partial charge >= 0.3 is 0 Å². The van der Waals surface area contributed by atoms with E-state index in [2.05, 4.69) is 5.32 Å². The Balaban J connectivity index is 2.50. The van der Waals surface area contributed by atoms with Gasteiger partial charge < -0.3 is 16.2 Å². The maximum atomic E-state index is 9.44. The van der Waals surface area contributed by atoms with Crippen LogP contribution in [-0.4, -0.2) is 24.3 Å². The van der Waals surface area contributed by atoms with E-state index < -0.39 is 6.10 Å². The number of nitrogens with one attached hydrogen (secondary N) is 1. The second-order valence-electron chi connectivity index (χ2n) is 3.24. The normalized spacial score (nSPS) is 12.5. The zero-order valence-electron chi connectivity index (χ0n) is 8.21. The van der Waals surface area contributed by atoms with Crippen molar-refractivity contribution in [1.29, 1.82) is 0 Å². The number of halogens is 2. The lowest BCUT2D eigenvalue weighted by atomic mass is 10.2. The molecule has 1 rings (SSSR count). The number of rotatable bonds is 5. The van der Waals surface area contributed by atoms with Gasteiger partial charge in [-0.2, -0.15) is 0 Å². The number of aliphatic hydroxyl groups is 1. The van der Waals surface area contributed by atoms with E-state index in [1.807, 2.05) is 0 Å². The maximum absolute atomic E-state index is 9.44. The predicted octanol–water partition coefficient (Wildman–Crippen LogP) is 2.11. The summed E-state index contributed by atoms with van der Waals surface area (Å²) in [6.45, 7) is 0.899. The Hall–Kier alpha value is -0.480. The van der Waals surface area contributed by atoms with Crippen LogP contribution < -0.4 is 11.1 Å². The lowest BCUT2D eigenvalue weighted by Gasteiger charge is -2.12. The number of anilines is 1. The third kappa shape index (κ3) is 4.26. The number of benzene rings is 1. The minimum absolute atomic E-state index is 0.429. The molecule has 0 amide bonds. The highest BCUT2D eigenvalue weighted by molar-refractivity contribution is 6.36. The van der Waals surface area contributed by atoms with Crippen LogP contribution >= 0.6 is 23.2 Å². The summed E-state index contributed by atoms with van der Waals surface area (Å²) in [5.74, 6) is 0. The second-order valence-corrected chi connectivity index (χ2v) is 4.08. The third-order valence-corrected chi connectivity index (χ3v) is 2.51. The van der Waals surface area contributed by atoms with Gasteiger partial charge in [0.2, 0.25) is 0 Å². The molecular weight excluding hydrogens is 235 g/mol. The number of hydrogen-bond acceptors (Lipinski definition) is 3. The van der Waals surface area contributed by atoms with E-state index in [-0.39, 0.29) is 0 Å². The highest BCUT2D eigenvalue weighted by atomic mass is 35.5. The van der Waals surface area contributed by atoms with Gasteiger partial charge in [0.05, 0.1) is 16.8 Å². The van der Waals surface area contributed by atoms with E-state index in [4.69, 9.17) is 28.9 Å². The molecule has 0 spiro atoms. The Kier molecular flexibility index (Phi) is 5.19. The van der Waals surface area contributed by atoms with Gasteiger partial charge in [-0.05, 0) is 31.2 Å². The van der Waals surface area contributed by atoms with Crippen LogP contribution in [0.25, 0.3) is 0 Å². The van der Waals surface area contributed by atoms with Gasteiger partial charge in [-0.3, -0.25) is 0 Å². The van der Waals surface area contributed by atoms with Crippen LogP contribution in [0.3, 0.4) is 0 Å². The molecule has 1 aromatic rings. The molecule has 0 saturated heterocycles. The smallest absolute Gasteiger partial charge is 0.0724 e. The molecule has 0 saturated carbocycles. The molecule has 0 aliphatic carbocycles. The van der Waals surface area contributed by atoms with Crippen LogP contribution in [0.2, 0.25) is 10.0 Å². The second kappa shape index (κ2) is 6.18. The highest BCUT2D eigenvalue weighted by Crippen LogP contribution is 2.25. The summed E-state index contributed by atoms with van der Waals surface area (Å²) in [5, 5.41) is 13.6. The molecule has 0 aliphatic heterocycles. The lowest BCUT2D eigenvalue weighted by Crippen LogP contribution is -2.22. The first-order valence-corrected chi connectivity index (χ1v) is 5.46. The molecule has 5 heteroatoms. The summed E-state index contributed by atoms with van der Waals surface area (Å²) in [6.07, 6.45) is 0.111. The molecule has 0 bridgehead atoms. The minimum Gasteiger partial charge on any atom is -0.391 e. The summed E-state index contributed by atoms with van der Waals surface area (Å²) in [5.41, 5.74) is 6.08. The topological polar surface area (TPSA) is 58.3 Å². The van der Waals surface area contributed by atoms with Crippen molar-refractivity contribution in [1.82, 2.24) is 0 Å². The Morgan fingerprint density at radius 3 is 2.73 bits per heavy atom. The van der Waals surface area contributed by atoms with E-state index in [0.717, 1.165) is 5.69 Å². The van der Waals surface area contributed by atoms with Crippen LogP contribution in [0.5, 0.6) is 0 Å². The van der Waals surface area contributed by atoms with Gasteiger partial charge in [0.1, 0.15) is 0 Å². The van der Waals surface area contributed by atoms with Crippen molar-refractivity contribution < 1.29 is 5.11 Å². The largest absolute Gasteiger partial charge is 0.391 e. The molecule has 3 nitrogen and oxygen atoms in total. The van der Waals surface area contributed by atoms with E-state index in [0.29, 0.717) is 29.6 Å². The van der Waals surface area contributed by atoms with Crippen molar-refractivity contribution >= 4 is 28.9 Å². The lowest BCUT2D eigenvalue weighted by molar-refractivity contribution is 0.180. The minimum atomic E-state index is -0.457. The molecule has 84 valence electrons. The molecule has 0 aliphatic rings. The first kappa shape index (κ1) is 12.6. The van der Waals surface area contributed by atoms with Gasteiger partial charge in [0.15, 0.2) is 0 Å². The summed E-state index contributed by atoms with van der Waals surface area (Å²) in [6, 6.07) is 5.17. The Labute approximate surface area is 99.2 Å². The predicted molar refractivity (Wildman–Crippen MR) is 64.6 cm³/mol. The molecule has 0 heterocycles. The van der Waals surface area contributed by atoms with Gasteiger partial charge in [0, 0.05) is 11.6 Å². The summed E-state index contributed by atoms with van der Waals surface area (Å²) in [4.78, 5) is 0. The molecule has 4 N–H and O–H groups in total. The van der Waals surface area contributed by atoms with Crippen LogP contribution in [0.1, 0.15) is 6.42 Å². The Morgan fingerprint density at radius 2 is 2.13 bits per heavy atom. The van der Waals surface area contributed by atoms with Gasteiger partial charge in [-0.1, -0.05) is 23.2 Å². The van der Waals surface area contributed by atoms with Gasteiger partial charge in [-0.15, -0.1) is 0 Å². The molecule has 0 fully saturated rings. The quantitative estimate of drug-likeness (QED) is 0.749. The van der Waals surface area contributed by atoms with Crippen LogP contribution in [0.15, 0.2) is 18.2 Å². The number of aliphatic hydroxyl groups excluding tert-OH is 1. The van der Waals surface area contributed by atoms with Gasteiger partial charge in [-0.25, -0.2) is 0 Å². The van der Waals surface area contributed by atoms with Crippen molar-refractivity contribution in [2.45, 2.75) is 12.5 Å². The van der Waals surface area contributed by atoms with E-state index in [1.165, 1.54) is 0 Å². The molecule has 1 aromatic carbocycles. The standard InChI is InChI=1S/C10H14Cl2N2O/c11-7-1-2-10(9(12)5-7)14-6-8(15)3-4-13/h1-2,5,8,14-15H,3-4,6,13H2. The number of hydrogen-bond donors (Lipinski definition) is 3. The highest BCUT2D eigenvalue weighted by Gasteiger charge is 2.04. The summed E-state index contributed by atoms with van der Waals surface area (Å²) in [7, 11) is 0. The fourth-order valence-electron chi connectivity index (χ4n) is 1.16. The molecule has 0 aromatic heterocycles. The number of nitrogens with two attached hydrogens (primary N) is 1. The van der Waals surface area contributed by atoms with E-state index >= 15 is 0 Å². The zero-order chi connectivity index (χ0) is 11.3. The third-order valence-electron chi connectivity index (χ3n) is 1.96. The van der Waals surface area contributed by atoms with Crippen LogP contribution in [-0.2, 0) is 0 Å². The molecule has 0 radical (unpaired) electrons. The molecule has 1 atom stereocenters. The fraction of sp³-hybridized carbons (Fsp3) is 0.400. The van der Waals surface area contributed by atoms with Crippen molar-refractivity contribution in [2.75, 3.05) is 18.4 Å². The summed E-state index contributed by atoms with van der Waals surface area (Å²) < 4.78 is 0. The van der Waals surface area contributed by atoms with Crippen LogP contribution in [0, 0.1) is 0 Å².